The highest BCUT2D eigenvalue weighted by molar-refractivity contribution is 7.10. The molecule has 3 nitrogen and oxygen atoms in total. The van der Waals surface area contributed by atoms with Crippen LogP contribution in [-0.4, -0.2) is 18.6 Å². The number of rotatable bonds is 4. The van der Waals surface area contributed by atoms with Crippen LogP contribution in [0.15, 0.2) is 23.6 Å². The molecule has 1 N–H and O–H groups in total. The Labute approximate surface area is 124 Å². The fraction of sp³-hybridized carbons (Fsp3) is 0.438. The lowest BCUT2D eigenvalue weighted by atomic mass is 9.98. The maximum absolute atomic E-state index is 5.46. The van der Waals surface area contributed by atoms with Crippen molar-refractivity contribution in [3.05, 3.63) is 39.7 Å². The van der Waals surface area contributed by atoms with Crippen LogP contribution in [0.25, 0.3) is 11.3 Å². The van der Waals surface area contributed by atoms with Crippen molar-refractivity contribution in [3.8, 4) is 11.3 Å². The van der Waals surface area contributed by atoms with Gasteiger partial charge in [-0.1, -0.05) is 19.1 Å². The maximum Gasteiger partial charge on any atom is 0.122 e. The molecular formula is C16H20N2OS. The van der Waals surface area contributed by atoms with E-state index in [1.54, 1.807) is 18.4 Å². The van der Waals surface area contributed by atoms with Crippen molar-refractivity contribution >= 4 is 11.3 Å². The third kappa shape index (κ3) is 2.64. The minimum Gasteiger partial charge on any atom is -0.374 e. The molecule has 0 amide bonds. The van der Waals surface area contributed by atoms with Crippen LogP contribution in [0.1, 0.15) is 35.6 Å². The topological polar surface area (TPSA) is 34.1 Å². The number of thiazole rings is 1. The third-order valence-corrected chi connectivity index (χ3v) is 4.78. The summed E-state index contributed by atoms with van der Waals surface area (Å²) in [7, 11) is 1.75. The molecule has 0 radical (unpaired) electrons. The lowest BCUT2D eigenvalue weighted by molar-refractivity contribution is 0.0998. The molecule has 4 heteroatoms. The summed E-state index contributed by atoms with van der Waals surface area (Å²) >= 11 is 1.69. The van der Waals surface area contributed by atoms with Crippen molar-refractivity contribution in [1.29, 1.82) is 0 Å². The van der Waals surface area contributed by atoms with E-state index in [4.69, 9.17) is 9.72 Å². The van der Waals surface area contributed by atoms with Gasteiger partial charge in [-0.2, -0.15) is 0 Å². The van der Waals surface area contributed by atoms with E-state index < -0.39 is 0 Å². The zero-order valence-electron chi connectivity index (χ0n) is 12.0. The minimum absolute atomic E-state index is 0.121. The van der Waals surface area contributed by atoms with Crippen LogP contribution < -0.4 is 5.32 Å². The second kappa shape index (κ2) is 6.04. The molecule has 1 aliphatic heterocycles. The van der Waals surface area contributed by atoms with Gasteiger partial charge in [-0.05, 0) is 36.6 Å². The van der Waals surface area contributed by atoms with Crippen LogP contribution in [-0.2, 0) is 17.7 Å². The van der Waals surface area contributed by atoms with E-state index in [1.807, 2.05) is 0 Å². The largest absolute Gasteiger partial charge is 0.374 e. The van der Waals surface area contributed by atoms with Crippen LogP contribution in [0.4, 0.5) is 0 Å². The molecular weight excluding hydrogens is 268 g/mol. The third-order valence-electron chi connectivity index (χ3n) is 3.84. The van der Waals surface area contributed by atoms with Gasteiger partial charge in [-0.15, -0.1) is 11.3 Å². The monoisotopic (exact) mass is 288 g/mol. The van der Waals surface area contributed by atoms with Crippen LogP contribution in [0, 0.1) is 0 Å². The van der Waals surface area contributed by atoms with Crippen molar-refractivity contribution in [2.45, 2.75) is 32.4 Å². The van der Waals surface area contributed by atoms with Crippen LogP contribution in [0.3, 0.4) is 0 Å². The maximum atomic E-state index is 5.46. The van der Waals surface area contributed by atoms with Gasteiger partial charge in [0.15, 0.2) is 0 Å². The quantitative estimate of drug-likeness (QED) is 0.934. The predicted molar refractivity (Wildman–Crippen MR) is 83.0 cm³/mol. The first-order valence-corrected chi connectivity index (χ1v) is 8.01. The molecule has 0 fully saturated rings. The molecule has 0 aliphatic carbocycles. The molecule has 1 unspecified atom stereocenters. The highest BCUT2D eigenvalue weighted by Gasteiger charge is 2.15. The SMILES string of the molecule is CCC(OC)c1nc(-c2ccc3c(c2)CCNC3)cs1. The molecule has 0 saturated carbocycles. The minimum atomic E-state index is 0.121. The first kappa shape index (κ1) is 13.7. The van der Waals surface area contributed by atoms with Crippen molar-refractivity contribution in [3.63, 3.8) is 0 Å². The first-order chi connectivity index (χ1) is 9.81. The summed E-state index contributed by atoms with van der Waals surface area (Å²) in [6.45, 7) is 4.18. The number of hydrogen-bond acceptors (Lipinski definition) is 4. The van der Waals surface area contributed by atoms with Crippen molar-refractivity contribution in [2.24, 2.45) is 0 Å². The number of benzene rings is 1. The number of nitrogens with zero attached hydrogens (tertiary/aromatic N) is 1. The predicted octanol–water partition coefficient (Wildman–Crippen LogP) is 3.55. The van der Waals surface area contributed by atoms with Gasteiger partial charge >= 0.3 is 0 Å². The van der Waals surface area contributed by atoms with E-state index in [-0.39, 0.29) is 6.10 Å². The Morgan fingerprint density at radius 1 is 1.40 bits per heavy atom. The average Bonchev–Trinajstić information content (AvgIpc) is 2.98. The molecule has 0 bridgehead atoms. The second-order valence-electron chi connectivity index (χ2n) is 5.11. The molecule has 0 spiro atoms. The molecule has 1 aromatic carbocycles. The number of nitrogens with one attached hydrogen (secondary N) is 1. The fourth-order valence-corrected chi connectivity index (χ4v) is 3.63. The van der Waals surface area contributed by atoms with E-state index in [0.29, 0.717) is 0 Å². The highest BCUT2D eigenvalue weighted by Crippen LogP contribution is 2.30. The van der Waals surface area contributed by atoms with Gasteiger partial charge in [0.05, 0.1) is 5.69 Å². The molecule has 0 saturated heterocycles. The van der Waals surface area contributed by atoms with Gasteiger partial charge in [0.1, 0.15) is 11.1 Å². The van der Waals surface area contributed by atoms with Gasteiger partial charge in [-0.3, -0.25) is 0 Å². The van der Waals surface area contributed by atoms with E-state index >= 15 is 0 Å². The van der Waals surface area contributed by atoms with Gasteiger partial charge in [-0.25, -0.2) is 4.98 Å². The van der Waals surface area contributed by atoms with E-state index in [0.717, 1.165) is 36.6 Å². The normalized spacial score (nSPS) is 15.9. The lowest BCUT2D eigenvalue weighted by Gasteiger charge is -2.17. The van der Waals surface area contributed by atoms with E-state index in [9.17, 15) is 0 Å². The summed E-state index contributed by atoms with van der Waals surface area (Å²) in [4.78, 5) is 4.75. The van der Waals surface area contributed by atoms with Gasteiger partial charge in [0.25, 0.3) is 0 Å². The number of ether oxygens (including phenoxy) is 1. The van der Waals surface area contributed by atoms with Crippen LogP contribution in [0.5, 0.6) is 0 Å². The van der Waals surface area contributed by atoms with Gasteiger partial charge < -0.3 is 10.1 Å². The summed E-state index contributed by atoms with van der Waals surface area (Å²) in [6.07, 6.45) is 2.19. The smallest absolute Gasteiger partial charge is 0.122 e. The Morgan fingerprint density at radius 2 is 2.30 bits per heavy atom. The molecule has 1 aliphatic rings. The molecule has 106 valence electrons. The summed E-state index contributed by atoms with van der Waals surface area (Å²) < 4.78 is 5.46. The van der Waals surface area contributed by atoms with Crippen molar-refractivity contribution < 1.29 is 4.74 Å². The summed E-state index contributed by atoms with van der Waals surface area (Å²) in [5, 5.41) is 6.62. The lowest BCUT2D eigenvalue weighted by Crippen LogP contribution is -2.23. The molecule has 2 aromatic rings. The number of aromatic nitrogens is 1. The van der Waals surface area contributed by atoms with Crippen LogP contribution >= 0.6 is 11.3 Å². The Hall–Kier alpha value is -1.23. The van der Waals surface area contributed by atoms with Crippen molar-refractivity contribution in [1.82, 2.24) is 10.3 Å². The number of hydrogen-bond donors (Lipinski definition) is 1. The van der Waals surface area contributed by atoms with Gasteiger partial charge in [0, 0.05) is 24.6 Å². The average molecular weight is 288 g/mol. The first-order valence-electron chi connectivity index (χ1n) is 7.13. The fourth-order valence-electron chi connectivity index (χ4n) is 2.65. The molecule has 1 aromatic heterocycles. The van der Waals surface area contributed by atoms with Crippen LogP contribution in [0.2, 0.25) is 0 Å². The van der Waals surface area contributed by atoms with Crippen molar-refractivity contribution in [2.75, 3.05) is 13.7 Å². The molecule has 20 heavy (non-hydrogen) atoms. The zero-order chi connectivity index (χ0) is 13.9. The summed E-state index contributed by atoms with van der Waals surface area (Å²) in [6, 6.07) is 6.70. The zero-order valence-corrected chi connectivity index (χ0v) is 12.8. The standard InChI is InChI=1S/C16H20N2OS/c1-3-15(19-2)16-18-14(10-20-16)12-4-5-13-9-17-7-6-11(13)8-12/h4-5,8,10,15,17H,3,6-7,9H2,1-2H3. The highest BCUT2D eigenvalue weighted by atomic mass is 32.1. The number of methoxy groups -OCH3 is 1. The Bertz CT molecular complexity index is 590. The number of fused-ring (bicyclic) bond motifs is 1. The Balaban J connectivity index is 1.89. The van der Waals surface area contributed by atoms with E-state index in [2.05, 4.69) is 35.8 Å². The Kier molecular flexibility index (Phi) is 4.15. The Morgan fingerprint density at radius 3 is 3.10 bits per heavy atom. The summed E-state index contributed by atoms with van der Waals surface area (Å²) in [5.41, 5.74) is 5.16. The molecule has 1 atom stereocenters. The second-order valence-corrected chi connectivity index (χ2v) is 6.00. The summed E-state index contributed by atoms with van der Waals surface area (Å²) in [5.74, 6) is 0. The molecule has 3 rings (SSSR count). The van der Waals surface area contributed by atoms with Gasteiger partial charge in [0.2, 0.25) is 0 Å². The molecule has 2 heterocycles. The van der Waals surface area contributed by atoms with E-state index in [1.165, 1.54) is 16.7 Å².